The van der Waals surface area contributed by atoms with Crippen molar-refractivity contribution >= 4 is 30.1 Å². The summed E-state index contributed by atoms with van der Waals surface area (Å²) in [5, 5.41) is 6.33. The minimum atomic E-state index is -0.355. The molecule has 1 saturated heterocycles. The molecule has 2 N–H and O–H groups in total. The van der Waals surface area contributed by atoms with Gasteiger partial charge in [0.25, 0.3) is 17.7 Å². The molecule has 0 saturated carbocycles. The van der Waals surface area contributed by atoms with Gasteiger partial charge in [0.1, 0.15) is 0 Å². The van der Waals surface area contributed by atoms with Crippen LogP contribution in [-0.2, 0) is 6.54 Å². The van der Waals surface area contributed by atoms with Crippen LogP contribution in [0.15, 0.2) is 48.5 Å². The van der Waals surface area contributed by atoms with E-state index in [-0.39, 0.29) is 42.7 Å². The van der Waals surface area contributed by atoms with Crippen LogP contribution in [0.1, 0.15) is 50.0 Å². The number of benzene rings is 2. The van der Waals surface area contributed by atoms with Gasteiger partial charge in [-0.15, -0.1) is 12.4 Å². The van der Waals surface area contributed by atoms with Crippen LogP contribution in [0.4, 0.5) is 0 Å². The molecule has 2 atom stereocenters. The van der Waals surface area contributed by atoms with Gasteiger partial charge in [0.2, 0.25) is 0 Å². The van der Waals surface area contributed by atoms with Gasteiger partial charge in [0, 0.05) is 18.2 Å². The molecule has 2 unspecified atom stereocenters. The number of rotatable bonds is 4. The van der Waals surface area contributed by atoms with Gasteiger partial charge in [-0.05, 0) is 42.6 Å². The van der Waals surface area contributed by atoms with Crippen LogP contribution in [0.3, 0.4) is 0 Å². The maximum absolute atomic E-state index is 12.8. The van der Waals surface area contributed by atoms with Gasteiger partial charge >= 0.3 is 0 Å². The molecule has 0 bridgehead atoms. The van der Waals surface area contributed by atoms with Gasteiger partial charge in [-0.3, -0.25) is 19.3 Å². The predicted octanol–water partition coefficient (Wildman–Crippen LogP) is 2.63. The Labute approximate surface area is 176 Å². The van der Waals surface area contributed by atoms with E-state index in [0.29, 0.717) is 22.6 Å². The second kappa shape index (κ2) is 8.76. The zero-order chi connectivity index (χ0) is 19.7. The second-order valence-corrected chi connectivity index (χ2v) is 7.49. The summed E-state index contributed by atoms with van der Waals surface area (Å²) in [4.78, 5) is 39.3. The van der Waals surface area contributed by atoms with Gasteiger partial charge < -0.3 is 10.6 Å². The van der Waals surface area contributed by atoms with Crippen molar-refractivity contribution in [2.45, 2.75) is 25.9 Å². The highest BCUT2D eigenvalue weighted by molar-refractivity contribution is 6.22. The minimum absolute atomic E-state index is 0. The standard InChI is InChI=1S/C22H23N3O3.ClH/c1-14-9-10-23-12-19(14)24-20(26)16-7-8-17-18(11-16)22(28)25(21(17)27)13-15-5-3-2-4-6-15;/h2-8,11,14,19,23H,9-10,12-13H2,1H3,(H,24,26);1H. The quantitative estimate of drug-likeness (QED) is 0.755. The molecule has 1 fully saturated rings. The van der Waals surface area contributed by atoms with Gasteiger partial charge in [-0.2, -0.15) is 0 Å². The fourth-order valence-electron chi connectivity index (χ4n) is 3.78. The number of hydrogen-bond donors (Lipinski definition) is 2. The van der Waals surface area contributed by atoms with Gasteiger partial charge in [-0.25, -0.2) is 0 Å². The summed E-state index contributed by atoms with van der Waals surface area (Å²) in [6, 6.07) is 14.2. The molecule has 2 aliphatic heterocycles. The molecule has 7 heteroatoms. The summed E-state index contributed by atoms with van der Waals surface area (Å²) in [7, 11) is 0. The first-order valence-electron chi connectivity index (χ1n) is 9.60. The number of nitrogens with zero attached hydrogens (tertiary/aromatic N) is 1. The lowest BCUT2D eigenvalue weighted by atomic mass is 9.94. The summed E-state index contributed by atoms with van der Waals surface area (Å²) in [5.74, 6) is -0.499. The molecular formula is C22H24ClN3O3. The molecule has 3 amide bonds. The van der Waals surface area contributed by atoms with Crippen molar-refractivity contribution in [1.29, 1.82) is 0 Å². The van der Waals surface area contributed by atoms with E-state index in [0.717, 1.165) is 25.1 Å². The number of fused-ring (bicyclic) bond motifs is 1. The zero-order valence-electron chi connectivity index (χ0n) is 16.2. The third-order valence-electron chi connectivity index (χ3n) is 5.56. The Morgan fingerprint density at radius 3 is 2.55 bits per heavy atom. The molecule has 152 valence electrons. The average molecular weight is 414 g/mol. The number of amides is 3. The normalized spacial score (nSPS) is 20.8. The van der Waals surface area contributed by atoms with Crippen LogP contribution >= 0.6 is 12.4 Å². The zero-order valence-corrected chi connectivity index (χ0v) is 17.0. The number of hydrogen-bond acceptors (Lipinski definition) is 4. The number of imide groups is 1. The number of nitrogens with one attached hydrogen (secondary N) is 2. The Bertz CT molecular complexity index is 932. The first-order chi connectivity index (χ1) is 13.5. The van der Waals surface area contributed by atoms with Crippen molar-refractivity contribution in [3.63, 3.8) is 0 Å². The number of carbonyl (C=O) groups is 3. The summed E-state index contributed by atoms with van der Waals surface area (Å²) in [6.07, 6.45) is 1.01. The molecule has 0 spiro atoms. The Hall–Kier alpha value is -2.70. The molecule has 0 aromatic heterocycles. The molecule has 2 aliphatic rings. The van der Waals surface area contributed by atoms with Crippen molar-refractivity contribution in [3.8, 4) is 0 Å². The summed E-state index contributed by atoms with van der Waals surface area (Å²) in [6.45, 7) is 4.04. The van der Waals surface area contributed by atoms with E-state index in [1.165, 1.54) is 11.0 Å². The highest BCUT2D eigenvalue weighted by atomic mass is 35.5. The average Bonchev–Trinajstić information content (AvgIpc) is 2.95. The number of piperidine rings is 1. The molecule has 0 radical (unpaired) electrons. The van der Waals surface area contributed by atoms with Gasteiger partial charge in [0.05, 0.1) is 17.7 Å². The van der Waals surface area contributed by atoms with Crippen molar-refractivity contribution in [3.05, 3.63) is 70.8 Å². The maximum atomic E-state index is 12.8. The molecule has 2 heterocycles. The van der Waals surface area contributed by atoms with Crippen LogP contribution in [0.25, 0.3) is 0 Å². The molecule has 2 aromatic rings. The first-order valence-corrected chi connectivity index (χ1v) is 9.60. The Morgan fingerprint density at radius 1 is 1.10 bits per heavy atom. The van der Waals surface area contributed by atoms with Crippen molar-refractivity contribution in [1.82, 2.24) is 15.5 Å². The van der Waals surface area contributed by atoms with E-state index in [2.05, 4.69) is 17.6 Å². The van der Waals surface area contributed by atoms with Crippen LogP contribution in [0.2, 0.25) is 0 Å². The molecule has 0 aliphatic carbocycles. The fourth-order valence-corrected chi connectivity index (χ4v) is 3.78. The van der Waals surface area contributed by atoms with Crippen LogP contribution < -0.4 is 10.6 Å². The summed E-state index contributed by atoms with van der Waals surface area (Å²) >= 11 is 0. The van der Waals surface area contributed by atoms with E-state index in [1.807, 2.05) is 30.3 Å². The lowest BCUT2D eigenvalue weighted by Gasteiger charge is -2.30. The molecule has 4 rings (SSSR count). The lowest BCUT2D eigenvalue weighted by Crippen LogP contribution is -2.50. The van der Waals surface area contributed by atoms with Crippen molar-refractivity contribution in [2.24, 2.45) is 5.92 Å². The van der Waals surface area contributed by atoms with Crippen molar-refractivity contribution in [2.75, 3.05) is 13.1 Å². The summed E-state index contributed by atoms with van der Waals surface area (Å²) < 4.78 is 0. The molecule has 2 aromatic carbocycles. The third-order valence-corrected chi connectivity index (χ3v) is 5.56. The van der Waals surface area contributed by atoms with Gasteiger partial charge in [-0.1, -0.05) is 37.3 Å². The topological polar surface area (TPSA) is 78.5 Å². The Balaban J connectivity index is 0.00000240. The van der Waals surface area contributed by atoms with E-state index in [9.17, 15) is 14.4 Å². The molecule has 29 heavy (non-hydrogen) atoms. The van der Waals surface area contributed by atoms with E-state index in [1.54, 1.807) is 12.1 Å². The smallest absolute Gasteiger partial charge is 0.261 e. The SMILES string of the molecule is CC1CCNCC1NC(=O)c1ccc2c(c1)C(=O)N(Cc1ccccc1)C2=O.Cl. The largest absolute Gasteiger partial charge is 0.348 e. The maximum Gasteiger partial charge on any atom is 0.261 e. The monoisotopic (exact) mass is 413 g/mol. The van der Waals surface area contributed by atoms with Crippen LogP contribution in [-0.4, -0.2) is 41.8 Å². The fraction of sp³-hybridized carbons (Fsp3) is 0.318. The van der Waals surface area contributed by atoms with Gasteiger partial charge in [0.15, 0.2) is 0 Å². The van der Waals surface area contributed by atoms with E-state index < -0.39 is 0 Å². The highest BCUT2D eigenvalue weighted by Gasteiger charge is 2.36. The number of carbonyl (C=O) groups excluding carboxylic acids is 3. The lowest BCUT2D eigenvalue weighted by molar-refractivity contribution is 0.0642. The summed E-state index contributed by atoms with van der Waals surface area (Å²) in [5.41, 5.74) is 1.93. The second-order valence-electron chi connectivity index (χ2n) is 7.49. The van der Waals surface area contributed by atoms with Crippen LogP contribution in [0, 0.1) is 5.92 Å². The predicted molar refractivity (Wildman–Crippen MR) is 112 cm³/mol. The Morgan fingerprint density at radius 2 is 1.83 bits per heavy atom. The first kappa shape index (κ1) is 21.0. The molecule has 6 nitrogen and oxygen atoms in total. The van der Waals surface area contributed by atoms with Crippen LogP contribution in [0.5, 0.6) is 0 Å². The highest BCUT2D eigenvalue weighted by Crippen LogP contribution is 2.26. The van der Waals surface area contributed by atoms with E-state index in [4.69, 9.17) is 0 Å². The van der Waals surface area contributed by atoms with Crippen molar-refractivity contribution < 1.29 is 14.4 Å². The molecular weight excluding hydrogens is 390 g/mol. The third kappa shape index (κ3) is 4.18. The number of halogens is 1. The Kier molecular flexibility index (Phi) is 6.35. The minimum Gasteiger partial charge on any atom is -0.348 e. The van der Waals surface area contributed by atoms with E-state index >= 15 is 0 Å².